The smallest absolute Gasteiger partial charge is 0.231 e. The van der Waals surface area contributed by atoms with Crippen molar-refractivity contribution in [2.75, 3.05) is 19.6 Å². The quantitative estimate of drug-likeness (QED) is 0.777. The number of hydrogen-bond acceptors (Lipinski definition) is 3. The van der Waals surface area contributed by atoms with E-state index in [4.69, 9.17) is 5.73 Å². The summed E-state index contributed by atoms with van der Waals surface area (Å²) >= 11 is 0. The highest BCUT2D eigenvalue weighted by molar-refractivity contribution is 5.75. The van der Waals surface area contributed by atoms with E-state index in [-0.39, 0.29) is 5.91 Å². The van der Waals surface area contributed by atoms with E-state index in [0.29, 0.717) is 12.6 Å². The van der Waals surface area contributed by atoms with Crippen LogP contribution in [0, 0.1) is 0 Å². The number of nitrogens with zero attached hydrogens (tertiary/aromatic N) is 2. The summed E-state index contributed by atoms with van der Waals surface area (Å²) in [5.41, 5.74) is 6.50. The molecule has 3 N–H and O–H groups in total. The maximum Gasteiger partial charge on any atom is 0.231 e. The molecule has 0 aliphatic carbocycles. The van der Waals surface area contributed by atoms with Gasteiger partial charge in [-0.2, -0.15) is 0 Å². The molecule has 1 fully saturated rings. The van der Waals surface area contributed by atoms with Gasteiger partial charge >= 0.3 is 0 Å². The van der Waals surface area contributed by atoms with Gasteiger partial charge in [0.25, 0.3) is 0 Å². The largest absolute Gasteiger partial charge is 0.369 e. The molecule has 2 rings (SSSR count). The molecule has 0 aromatic carbocycles. The molecule has 2 heterocycles. The van der Waals surface area contributed by atoms with E-state index in [1.54, 1.807) is 0 Å². The molecule has 5 nitrogen and oxygen atoms in total. The number of aryl methyl sites for hydroxylation is 1. The van der Waals surface area contributed by atoms with Crippen LogP contribution in [0.25, 0.3) is 0 Å². The van der Waals surface area contributed by atoms with Gasteiger partial charge in [-0.25, -0.2) is 0 Å². The van der Waals surface area contributed by atoms with Crippen molar-refractivity contribution in [3.05, 3.63) is 24.0 Å². The summed E-state index contributed by atoms with van der Waals surface area (Å²) in [5, 5.41) is 3.58. The van der Waals surface area contributed by atoms with E-state index in [9.17, 15) is 4.79 Å². The number of piperidine rings is 1. The maximum absolute atomic E-state index is 10.8. The number of rotatable bonds is 5. The summed E-state index contributed by atoms with van der Waals surface area (Å²) in [4.78, 5) is 13.0. The highest BCUT2D eigenvalue weighted by atomic mass is 16.1. The standard InChI is InChI=1S/C13H22N4O/c1-16-6-2-3-12(16)9-15-11-4-7-17(8-5-11)10-13(14)18/h2-3,6,11,15H,4-5,7-10H2,1H3,(H2,14,18). The van der Waals surface area contributed by atoms with Crippen molar-refractivity contribution in [2.24, 2.45) is 12.8 Å². The van der Waals surface area contributed by atoms with Crippen LogP contribution in [-0.2, 0) is 18.4 Å². The first-order valence-corrected chi connectivity index (χ1v) is 6.49. The Bertz CT molecular complexity index is 393. The van der Waals surface area contributed by atoms with E-state index in [2.05, 4.69) is 40.2 Å². The first-order chi connectivity index (χ1) is 8.65. The van der Waals surface area contributed by atoms with Crippen LogP contribution >= 0.6 is 0 Å². The Morgan fingerprint density at radius 3 is 2.78 bits per heavy atom. The van der Waals surface area contributed by atoms with Crippen molar-refractivity contribution < 1.29 is 4.79 Å². The summed E-state index contributed by atoms with van der Waals surface area (Å²) in [6.07, 6.45) is 4.22. The van der Waals surface area contributed by atoms with Crippen LogP contribution in [0.2, 0.25) is 0 Å². The zero-order valence-corrected chi connectivity index (χ0v) is 10.9. The molecule has 0 radical (unpaired) electrons. The lowest BCUT2D eigenvalue weighted by molar-refractivity contribution is -0.119. The molecule has 1 aromatic heterocycles. The van der Waals surface area contributed by atoms with Crippen LogP contribution in [0.3, 0.4) is 0 Å². The summed E-state index contributed by atoms with van der Waals surface area (Å²) in [6.45, 7) is 3.20. The molecule has 0 unspecified atom stereocenters. The van der Waals surface area contributed by atoms with Crippen molar-refractivity contribution in [3.63, 3.8) is 0 Å². The van der Waals surface area contributed by atoms with Crippen LogP contribution in [0.4, 0.5) is 0 Å². The number of nitrogens with two attached hydrogens (primary N) is 1. The normalized spacial score (nSPS) is 18.1. The van der Waals surface area contributed by atoms with Crippen LogP contribution < -0.4 is 11.1 Å². The van der Waals surface area contributed by atoms with Crippen molar-refractivity contribution >= 4 is 5.91 Å². The van der Waals surface area contributed by atoms with Gasteiger partial charge in [0, 0.05) is 44.6 Å². The number of carbonyl (C=O) groups is 1. The molecule has 5 heteroatoms. The van der Waals surface area contributed by atoms with Crippen molar-refractivity contribution in [3.8, 4) is 0 Å². The average Bonchev–Trinajstić information content (AvgIpc) is 2.73. The minimum Gasteiger partial charge on any atom is -0.369 e. The summed E-state index contributed by atoms with van der Waals surface area (Å²) in [6, 6.07) is 4.74. The van der Waals surface area contributed by atoms with Gasteiger partial charge in [-0.3, -0.25) is 9.69 Å². The second-order valence-corrected chi connectivity index (χ2v) is 5.01. The number of amides is 1. The van der Waals surface area contributed by atoms with Gasteiger partial charge in [-0.15, -0.1) is 0 Å². The highest BCUT2D eigenvalue weighted by Crippen LogP contribution is 2.10. The molecule has 1 saturated heterocycles. The average molecular weight is 250 g/mol. The number of nitrogens with one attached hydrogen (secondary N) is 1. The topological polar surface area (TPSA) is 63.3 Å². The minimum atomic E-state index is -0.231. The third kappa shape index (κ3) is 3.58. The minimum absolute atomic E-state index is 0.231. The highest BCUT2D eigenvalue weighted by Gasteiger charge is 2.19. The van der Waals surface area contributed by atoms with Crippen molar-refractivity contribution in [2.45, 2.75) is 25.4 Å². The Morgan fingerprint density at radius 2 is 2.22 bits per heavy atom. The van der Waals surface area contributed by atoms with E-state index < -0.39 is 0 Å². The summed E-state index contributed by atoms with van der Waals surface area (Å²) in [7, 11) is 2.06. The Labute approximate surface area is 108 Å². The predicted octanol–water partition coefficient (Wildman–Crippen LogP) is 0.0644. The van der Waals surface area contributed by atoms with Crippen LogP contribution in [0.5, 0.6) is 0 Å². The Morgan fingerprint density at radius 1 is 1.50 bits per heavy atom. The Balaban J connectivity index is 1.71. The molecular formula is C13H22N4O. The molecule has 100 valence electrons. The van der Waals surface area contributed by atoms with E-state index in [1.165, 1.54) is 5.69 Å². The number of carbonyl (C=O) groups excluding carboxylic acids is 1. The molecule has 1 amide bonds. The second kappa shape index (κ2) is 6.02. The first kappa shape index (κ1) is 13.1. The second-order valence-electron chi connectivity index (χ2n) is 5.01. The third-order valence-electron chi connectivity index (χ3n) is 3.59. The number of hydrogen-bond donors (Lipinski definition) is 2. The molecule has 0 atom stereocenters. The fourth-order valence-corrected chi connectivity index (χ4v) is 2.44. The SMILES string of the molecule is Cn1cccc1CNC1CCN(CC(N)=O)CC1. The lowest BCUT2D eigenvalue weighted by Crippen LogP contribution is -2.45. The zero-order valence-electron chi connectivity index (χ0n) is 10.9. The van der Waals surface area contributed by atoms with E-state index >= 15 is 0 Å². The molecule has 0 bridgehead atoms. The number of primary amides is 1. The van der Waals surface area contributed by atoms with Crippen molar-refractivity contribution in [1.82, 2.24) is 14.8 Å². The van der Waals surface area contributed by atoms with Gasteiger partial charge in [0.2, 0.25) is 5.91 Å². The van der Waals surface area contributed by atoms with Crippen LogP contribution in [0.15, 0.2) is 18.3 Å². The molecule has 1 aliphatic heterocycles. The first-order valence-electron chi connectivity index (χ1n) is 6.49. The Kier molecular flexibility index (Phi) is 4.38. The van der Waals surface area contributed by atoms with Crippen LogP contribution in [0.1, 0.15) is 18.5 Å². The molecule has 18 heavy (non-hydrogen) atoms. The molecule has 0 saturated carbocycles. The zero-order chi connectivity index (χ0) is 13.0. The fourth-order valence-electron chi connectivity index (χ4n) is 2.44. The van der Waals surface area contributed by atoms with Crippen molar-refractivity contribution in [1.29, 1.82) is 0 Å². The lowest BCUT2D eigenvalue weighted by Gasteiger charge is -2.31. The number of aromatic nitrogens is 1. The molecule has 1 aromatic rings. The number of likely N-dealkylation sites (tertiary alicyclic amines) is 1. The van der Waals surface area contributed by atoms with Crippen LogP contribution in [-0.4, -0.2) is 41.1 Å². The molecular weight excluding hydrogens is 228 g/mol. The molecule has 1 aliphatic rings. The predicted molar refractivity (Wildman–Crippen MR) is 70.9 cm³/mol. The lowest BCUT2D eigenvalue weighted by atomic mass is 10.0. The third-order valence-corrected chi connectivity index (χ3v) is 3.59. The van der Waals surface area contributed by atoms with Gasteiger partial charge in [0.1, 0.15) is 0 Å². The van der Waals surface area contributed by atoms with Gasteiger partial charge in [-0.05, 0) is 25.0 Å². The summed E-state index contributed by atoms with van der Waals surface area (Å²) in [5.74, 6) is -0.231. The summed E-state index contributed by atoms with van der Waals surface area (Å²) < 4.78 is 2.13. The van der Waals surface area contributed by atoms with Gasteiger partial charge in [0.05, 0.1) is 6.54 Å². The van der Waals surface area contributed by atoms with Gasteiger partial charge in [0.15, 0.2) is 0 Å². The molecule has 0 spiro atoms. The monoisotopic (exact) mass is 250 g/mol. The van der Waals surface area contributed by atoms with E-state index in [1.807, 2.05) is 0 Å². The maximum atomic E-state index is 10.8. The van der Waals surface area contributed by atoms with E-state index in [0.717, 1.165) is 32.5 Å². The van der Waals surface area contributed by atoms with Gasteiger partial charge < -0.3 is 15.6 Å². The fraction of sp³-hybridized carbons (Fsp3) is 0.615. The Hall–Kier alpha value is -1.33. The van der Waals surface area contributed by atoms with Gasteiger partial charge in [-0.1, -0.05) is 0 Å².